The van der Waals surface area contributed by atoms with Crippen molar-refractivity contribution in [1.29, 1.82) is 0 Å². The molecule has 2 atom stereocenters. The molecule has 0 aromatic heterocycles. The van der Waals surface area contributed by atoms with Crippen molar-refractivity contribution in [3.63, 3.8) is 0 Å². The molecule has 2 nitrogen and oxygen atoms in total. The monoisotopic (exact) mass is 249 g/mol. The summed E-state index contributed by atoms with van der Waals surface area (Å²) in [5.41, 5.74) is 1.79. The Labute approximate surface area is 108 Å². The van der Waals surface area contributed by atoms with Gasteiger partial charge < -0.3 is 4.90 Å². The van der Waals surface area contributed by atoms with E-state index in [1.54, 1.807) is 0 Å². The first-order valence-electron chi connectivity index (χ1n) is 6.04. The summed E-state index contributed by atoms with van der Waals surface area (Å²) in [6, 6.07) is 5.72. The topological polar surface area (TPSA) is 20.3 Å². The van der Waals surface area contributed by atoms with E-state index in [-0.39, 0.29) is 5.91 Å². The summed E-state index contributed by atoms with van der Waals surface area (Å²) >= 11 is 4.29. The lowest BCUT2D eigenvalue weighted by Crippen LogP contribution is -2.29. The first-order valence-corrected chi connectivity index (χ1v) is 6.49. The molecule has 1 aliphatic carbocycles. The zero-order chi connectivity index (χ0) is 12.6. The minimum atomic E-state index is 0.109. The number of carbonyl (C=O) groups is 1. The third-order valence-corrected chi connectivity index (χ3v) is 3.86. The summed E-state index contributed by atoms with van der Waals surface area (Å²) in [5, 5.41) is 0. The molecule has 3 heteroatoms. The zero-order valence-corrected chi connectivity index (χ0v) is 11.5. The number of nitrogens with zero attached hydrogens (tertiary/aromatic N) is 1. The van der Waals surface area contributed by atoms with Crippen LogP contribution in [-0.2, 0) is 0 Å². The zero-order valence-electron chi connectivity index (χ0n) is 10.6. The lowest BCUT2D eigenvalue weighted by Gasteiger charge is -2.18. The Bertz CT molecular complexity index is 444. The first kappa shape index (κ1) is 12.5. The van der Waals surface area contributed by atoms with Gasteiger partial charge in [-0.1, -0.05) is 13.0 Å². The van der Waals surface area contributed by atoms with E-state index in [0.717, 1.165) is 28.5 Å². The van der Waals surface area contributed by atoms with Gasteiger partial charge in [0.25, 0.3) is 5.91 Å². The van der Waals surface area contributed by atoms with Gasteiger partial charge in [0.05, 0.1) is 0 Å². The lowest BCUT2D eigenvalue weighted by molar-refractivity contribution is 0.0786. The van der Waals surface area contributed by atoms with E-state index >= 15 is 0 Å². The van der Waals surface area contributed by atoms with Crippen LogP contribution in [0.3, 0.4) is 0 Å². The van der Waals surface area contributed by atoms with Crippen LogP contribution in [0.25, 0.3) is 0 Å². The SMILES string of the molecule is Cc1ccc(S)cc1C(=O)N(C)CC1CC1C. The molecule has 2 unspecified atom stereocenters. The van der Waals surface area contributed by atoms with Gasteiger partial charge in [0, 0.05) is 24.1 Å². The molecule has 0 bridgehead atoms. The van der Waals surface area contributed by atoms with Crippen molar-refractivity contribution >= 4 is 18.5 Å². The van der Waals surface area contributed by atoms with Crippen molar-refractivity contribution in [2.45, 2.75) is 25.2 Å². The van der Waals surface area contributed by atoms with Gasteiger partial charge in [0.1, 0.15) is 0 Å². The van der Waals surface area contributed by atoms with E-state index < -0.39 is 0 Å². The smallest absolute Gasteiger partial charge is 0.253 e. The molecular weight excluding hydrogens is 230 g/mol. The highest BCUT2D eigenvalue weighted by atomic mass is 32.1. The van der Waals surface area contributed by atoms with E-state index in [1.165, 1.54) is 6.42 Å². The molecule has 0 heterocycles. The molecule has 0 radical (unpaired) electrons. The number of thiol groups is 1. The van der Waals surface area contributed by atoms with Crippen LogP contribution < -0.4 is 0 Å². The van der Waals surface area contributed by atoms with Gasteiger partial charge in [-0.15, -0.1) is 12.6 Å². The van der Waals surface area contributed by atoms with Crippen molar-refractivity contribution in [2.24, 2.45) is 11.8 Å². The molecule has 1 aromatic rings. The highest BCUT2D eigenvalue weighted by Crippen LogP contribution is 2.38. The summed E-state index contributed by atoms with van der Waals surface area (Å²) in [4.78, 5) is 15.0. The van der Waals surface area contributed by atoms with Gasteiger partial charge >= 0.3 is 0 Å². The van der Waals surface area contributed by atoms with E-state index in [4.69, 9.17) is 0 Å². The Balaban J connectivity index is 2.10. The Morgan fingerprint density at radius 1 is 1.53 bits per heavy atom. The van der Waals surface area contributed by atoms with Crippen LogP contribution in [-0.4, -0.2) is 24.4 Å². The standard InChI is InChI=1S/C14H19NOS/c1-9-4-5-12(17)7-13(9)14(16)15(3)8-11-6-10(11)2/h4-5,7,10-11,17H,6,8H2,1-3H3. The van der Waals surface area contributed by atoms with Crippen LogP contribution in [0.15, 0.2) is 23.1 Å². The number of benzene rings is 1. The molecular formula is C14H19NOS. The first-order chi connectivity index (χ1) is 7.99. The minimum absolute atomic E-state index is 0.109. The number of rotatable bonds is 3. The molecule has 2 rings (SSSR count). The van der Waals surface area contributed by atoms with Gasteiger partial charge in [0.2, 0.25) is 0 Å². The van der Waals surface area contributed by atoms with Crippen LogP contribution >= 0.6 is 12.6 Å². The van der Waals surface area contributed by atoms with E-state index in [9.17, 15) is 4.79 Å². The molecule has 0 saturated heterocycles. The predicted molar refractivity (Wildman–Crippen MR) is 72.7 cm³/mol. The predicted octanol–water partition coefficient (Wildman–Crippen LogP) is 3.01. The van der Waals surface area contributed by atoms with E-state index in [0.29, 0.717) is 5.92 Å². The van der Waals surface area contributed by atoms with Gasteiger partial charge in [-0.3, -0.25) is 4.79 Å². The maximum atomic E-state index is 12.3. The lowest BCUT2D eigenvalue weighted by atomic mass is 10.1. The second-order valence-electron chi connectivity index (χ2n) is 5.16. The average Bonchev–Trinajstić information content (AvgIpc) is 2.96. The second kappa shape index (κ2) is 4.73. The molecule has 1 fully saturated rings. The van der Waals surface area contributed by atoms with Crippen LogP contribution in [0.5, 0.6) is 0 Å². The maximum absolute atomic E-state index is 12.3. The summed E-state index contributed by atoms with van der Waals surface area (Å²) < 4.78 is 0. The van der Waals surface area contributed by atoms with Crippen LogP contribution in [0.2, 0.25) is 0 Å². The Morgan fingerprint density at radius 2 is 2.18 bits per heavy atom. The number of amides is 1. The van der Waals surface area contributed by atoms with Crippen molar-refractivity contribution in [3.05, 3.63) is 29.3 Å². The number of hydrogen-bond donors (Lipinski definition) is 1. The van der Waals surface area contributed by atoms with E-state index in [2.05, 4.69) is 19.6 Å². The maximum Gasteiger partial charge on any atom is 0.253 e. The summed E-state index contributed by atoms with van der Waals surface area (Å²) in [5.74, 6) is 1.59. The molecule has 17 heavy (non-hydrogen) atoms. The molecule has 1 aliphatic rings. The molecule has 1 saturated carbocycles. The molecule has 1 aromatic carbocycles. The van der Waals surface area contributed by atoms with Gasteiger partial charge in [-0.25, -0.2) is 0 Å². The summed E-state index contributed by atoms with van der Waals surface area (Å²) in [6.07, 6.45) is 1.25. The highest BCUT2D eigenvalue weighted by Gasteiger charge is 2.34. The molecule has 92 valence electrons. The second-order valence-corrected chi connectivity index (χ2v) is 5.67. The Kier molecular flexibility index (Phi) is 3.48. The minimum Gasteiger partial charge on any atom is -0.341 e. The van der Waals surface area contributed by atoms with Crippen LogP contribution in [0.4, 0.5) is 0 Å². The fraction of sp³-hybridized carbons (Fsp3) is 0.500. The Hall–Kier alpha value is -0.960. The fourth-order valence-electron chi connectivity index (χ4n) is 2.13. The number of aryl methyl sites for hydroxylation is 1. The fourth-order valence-corrected chi connectivity index (χ4v) is 2.34. The van der Waals surface area contributed by atoms with Gasteiger partial charge in [-0.05, 0) is 42.9 Å². The van der Waals surface area contributed by atoms with Crippen LogP contribution in [0.1, 0.15) is 29.3 Å². The average molecular weight is 249 g/mol. The molecule has 0 spiro atoms. The molecule has 1 amide bonds. The van der Waals surface area contributed by atoms with Crippen molar-refractivity contribution in [3.8, 4) is 0 Å². The van der Waals surface area contributed by atoms with Crippen molar-refractivity contribution in [1.82, 2.24) is 4.90 Å². The molecule has 0 aliphatic heterocycles. The van der Waals surface area contributed by atoms with Crippen LogP contribution in [0, 0.1) is 18.8 Å². The van der Waals surface area contributed by atoms with E-state index in [1.807, 2.05) is 37.1 Å². The Morgan fingerprint density at radius 3 is 2.76 bits per heavy atom. The normalized spacial score (nSPS) is 22.4. The number of carbonyl (C=O) groups excluding carboxylic acids is 1. The highest BCUT2D eigenvalue weighted by molar-refractivity contribution is 7.80. The quantitative estimate of drug-likeness (QED) is 0.817. The molecule has 0 N–H and O–H groups in total. The van der Waals surface area contributed by atoms with Gasteiger partial charge in [0.15, 0.2) is 0 Å². The number of hydrogen-bond acceptors (Lipinski definition) is 2. The third kappa shape index (κ3) is 2.83. The summed E-state index contributed by atoms with van der Waals surface area (Å²) in [7, 11) is 1.89. The third-order valence-electron chi connectivity index (χ3n) is 3.58. The van der Waals surface area contributed by atoms with Crippen molar-refractivity contribution in [2.75, 3.05) is 13.6 Å². The van der Waals surface area contributed by atoms with Crippen molar-refractivity contribution < 1.29 is 4.79 Å². The van der Waals surface area contributed by atoms with Gasteiger partial charge in [-0.2, -0.15) is 0 Å². The largest absolute Gasteiger partial charge is 0.341 e. The summed E-state index contributed by atoms with van der Waals surface area (Å²) in [6.45, 7) is 5.08.